The molecule has 5 heteroatoms. The Morgan fingerprint density at radius 1 is 1.25 bits per heavy atom. The standard InChI is InChI=1S/C23H21N3OS/c1-2-21(27)26-20-14-23(17-11-13-28-15-17,16-6-4-3-5-7-16)12-10-19(20)22(25-26)24-18-8-9-18/h2-7,10-13,15,18H,1,8-9,14H2,(H,24,25). The van der Waals surface area contributed by atoms with Crippen molar-refractivity contribution < 1.29 is 4.79 Å². The summed E-state index contributed by atoms with van der Waals surface area (Å²) in [7, 11) is 0. The van der Waals surface area contributed by atoms with Crippen molar-refractivity contribution in [2.24, 2.45) is 0 Å². The number of rotatable bonds is 5. The molecule has 1 atom stereocenters. The number of carbonyl (C=O) groups excluding carboxylic acids is 1. The van der Waals surface area contributed by atoms with E-state index >= 15 is 0 Å². The Morgan fingerprint density at radius 2 is 2.07 bits per heavy atom. The molecule has 1 unspecified atom stereocenters. The number of hydrogen-bond donors (Lipinski definition) is 1. The van der Waals surface area contributed by atoms with Crippen LogP contribution in [-0.2, 0) is 11.8 Å². The highest BCUT2D eigenvalue weighted by Crippen LogP contribution is 2.44. The third-order valence-electron chi connectivity index (χ3n) is 5.63. The van der Waals surface area contributed by atoms with Crippen LogP contribution in [0.4, 0.5) is 5.82 Å². The Hall–Kier alpha value is -2.92. The quantitative estimate of drug-likeness (QED) is 0.634. The fraction of sp³-hybridized carbons (Fsp3) is 0.217. The van der Waals surface area contributed by atoms with Crippen molar-refractivity contribution in [2.75, 3.05) is 5.32 Å². The Labute approximate surface area is 168 Å². The maximum Gasteiger partial charge on any atom is 0.270 e. The zero-order chi connectivity index (χ0) is 19.1. The predicted molar refractivity (Wildman–Crippen MR) is 114 cm³/mol. The second kappa shape index (κ2) is 6.60. The van der Waals surface area contributed by atoms with E-state index in [2.05, 4.69) is 70.2 Å². The first-order valence-electron chi connectivity index (χ1n) is 9.54. The van der Waals surface area contributed by atoms with E-state index in [0.29, 0.717) is 12.5 Å². The van der Waals surface area contributed by atoms with Crippen LogP contribution in [-0.4, -0.2) is 21.7 Å². The van der Waals surface area contributed by atoms with Crippen LogP contribution in [0.2, 0.25) is 0 Å². The lowest BCUT2D eigenvalue weighted by Gasteiger charge is -2.34. The number of allylic oxidation sites excluding steroid dienone is 2. The smallest absolute Gasteiger partial charge is 0.270 e. The van der Waals surface area contributed by atoms with Gasteiger partial charge in [0.1, 0.15) is 0 Å². The molecule has 1 saturated carbocycles. The van der Waals surface area contributed by atoms with E-state index in [1.165, 1.54) is 21.9 Å². The lowest BCUT2D eigenvalue weighted by molar-refractivity contribution is 0.0950. The summed E-state index contributed by atoms with van der Waals surface area (Å²) in [5.41, 5.74) is 4.09. The summed E-state index contributed by atoms with van der Waals surface area (Å²) in [6.07, 6.45) is 8.73. The third-order valence-corrected chi connectivity index (χ3v) is 6.31. The number of nitrogens with one attached hydrogen (secondary N) is 1. The maximum atomic E-state index is 12.6. The molecule has 1 N–H and O–H groups in total. The second-order valence-corrected chi connectivity index (χ2v) is 8.22. The van der Waals surface area contributed by atoms with Gasteiger partial charge in [-0.3, -0.25) is 4.79 Å². The molecule has 3 aromatic rings. The van der Waals surface area contributed by atoms with Gasteiger partial charge in [-0.25, -0.2) is 0 Å². The van der Waals surface area contributed by atoms with Crippen LogP contribution in [0.5, 0.6) is 0 Å². The molecule has 0 aliphatic heterocycles. The van der Waals surface area contributed by atoms with Gasteiger partial charge in [0, 0.05) is 23.4 Å². The van der Waals surface area contributed by atoms with Crippen LogP contribution in [0.3, 0.4) is 0 Å². The summed E-state index contributed by atoms with van der Waals surface area (Å²) >= 11 is 1.69. The summed E-state index contributed by atoms with van der Waals surface area (Å²) in [6.45, 7) is 3.67. The van der Waals surface area contributed by atoms with E-state index in [-0.39, 0.29) is 11.3 Å². The van der Waals surface area contributed by atoms with Crippen molar-refractivity contribution in [3.63, 3.8) is 0 Å². The number of aromatic nitrogens is 2. The van der Waals surface area contributed by atoms with Crippen molar-refractivity contribution in [3.05, 3.63) is 88.3 Å². The highest BCUT2D eigenvalue weighted by molar-refractivity contribution is 7.08. The Morgan fingerprint density at radius 3 is 2.75 bits per heavy atom. The summed E-state index contributed by atoms with van der Waals surface area (Å²) < 4.78 is 1.53. The SMILES string of the molecule is C=CC(=O)n1nc(NC2CC2)c2c1CC(c1ccccc1)(c1ccsc1)C=C2. The molecule has 5 rings (SSSR count). The first kappa shape index (κ1) is 17.2. The second-order valence-electron chi connectivity index (χ2n) is 7.44. The van der Waals surface area contributed by atoms with E-state index < -0.39 is 0 Å². The van der Waals surface area contributed by atoms with Crippen LogP contribution >= 0.6 is 11.3 Å². The third kappa shape index (κ3) is 2.74. The minimum atomic E-state index is -0.315. The van der Waals surface area contributed by atoms with Gasteiger partial charge in [-0.2, -0.15) is 16.0 Å². The van der Waals surface area contributed by atoms with E-state index in [0.717, 1.165) is 29.9 Å². The average molecular weight is 388 g/mol. The molecule has 0 saturated heterocycles. The van der Waals surface area contributed by atoms with Crippen molar-refractivity contribution in [3.8, 4) is 0 Å². The molecule has 0 amide bonds. The van der Waals surface area contributed by atoms with Gasteiger partial charge < -0.3 is 5.32 Å². The molecule has 28 heavy (non-hydrogen) atoms. The lowest BCUT2D eigenvalue weighted by atomic mass is 9.69. The number of fused-ring (bicyclic) bond motifs is 1. The van der Waals surface area contributed by atoms with Crippen LogP contribution in [0, 0.1) is 0 Å². The van der Waals surface area contributed by atoms with Crippen LogP contribution in [0.25, 0.3) is 6.08 Å². The normalized spacial score (nSPS) is 20.6. The Bertz CT molecular complexity index is 1060. The average Bonchev–Trinajstić information content (AvgIpc) is 3.25. The van der Waals surface area contributed by atoms with E-state index in [4.69, 9.17) is 0 Å². The molecule has 1 fully saturated rings. The minimum Gasteiger partial charge on any atom is -0.365 e. The van der Waals surface area contributed by atoms with E-state index in [1.807, 2.05) is 6.07 Å². The van der Waals surface area contributed by atoms with Crippen molar-refractivity contribution >= 4 is 29.1 Å². The summed E-state index contributed by atoms with van der Waals surface area (Å²) in [5.74, 6) is 0.610. The largest absolute Gasteiger partial charge is 0.365 e. The van der Waals surface area contributed by atoms with Gasteiger partial charge in [-0.05, 0) is 46.9 Å². The first-order chi connectivity index (χ1) is 13.7. The summed E-state index contributed by atoms with van der Waals surface area (Å²) in [4.78, 5) is 12.6. The van der Waals surface area contributed by atoms with Gasteiger partial charge in [0.15, 0.2) is 5.82 Å². The molecular weight excluding hydrogens is 366 g/mol. The molecule has 2 aliphatic rings. The predicted octanol–water partition coefficient (Wildman–Crippen LogP) is 4.90. The monoisotopic (exact) mass is 387 g/mol. The highest BCUT2D eigenvalue weighted by Gasteiger charge is 2.39. The first-order valence-corrected chi connectivity index (χ1v) is 10.5. The number of carbonyl (C=O) groups is 1. The van der Waals surface area contributed by atoms with Crippen molar-refractivity contribution in [1.29, 1.82) is 0 Å². The molecular formula is C23H21N3OS. The Kier molecular flexibility index (Phi) is 4.05. The van der Waals surface area contributed by atoms with Crippen LogP contribution in [0.15, 0.2) is 65.9 Å². The number of benzene rings is 1. The fourth-order valence-corrected chi connectivity index (χ4v) is 4.71. The van der Waals surface area contributed by atoms with Gasteiger partial charge in [0.05, 0.1) is 5.69 Å². The highest BCUT2D eigenvalue weighted by atomic mass is 32.1. The fourth-order valence-electron chi connectivity index (χ4n) is 3.97. The van der Waals surface area contributed by atoms with Crippen molar-refractivity contribution in [2.45, 2.75) is 30.7 Å². The molecule has 0 bridgehead atoms. The topological polar surface area (TPSA) is 46.9 Å². The number of anilines is 1. The molecule has 2 aliphatic carbocycles. The molecule has 4 nitrogen and oxygen atoms in total. The van der Waals surface area contributed by atoms with Crippen molar-refractivity contribution in [1.82, 2.24) is 9.78 Å². The minimum absolute atomic E-state index is 0.192. The Balaban J connectivity index is 1.68. The molecule has 1 aromatic carbocycles. The molecule has 2 heterocycles. The summed E-state index contributed by atoms with van der Waals surface area (Å²) in [5, 5.41) is 12.4. The molecule has 0 radical (unpaired) electrons. The van der Waals surface area contributed by atoms with Crippen LogP contribution < -0.4 is 5.32 Å². The van der Waals surface area contributed by atoms with Gasteiger partial charge >= 0.3 is 0 Å². The number of nitrogens with zero attached hydrogens (tertiary/aromatic N) is 2. The number of thiophene rings is 1. The zero-order valence-electron chi connectivity index (χ0n) is 15.5. The number of hydrogen-bond acceptors (Lipinski definition) is 4. The lowest BCUT2D eigenvalue weighted by Crippen LogP contribution is -2.32. The molecule has 140 valence electrons. The van der Waals surface area contributed by atoms with Gasteiger partial charge in [-0.1, -0.05) is 49.1 Å². The molecule has 0 spiro atoms. The van der Waals surface area contributed by atoms with Gasteiger partial charge in [0.25, 0.3) is 5.91 Å². The summed E-state index contributed by atoms with van der Waals surface area (Å²) in [6, 6.07) is 13.1. The van der Waals surface area contributed by atoms with E-state index in [9.17, 15) is 4.79 Å². The van der Waals surface area contributed by atoms with Gasteiger partial charge in [0.2, 0.25) is 0 Å². The molecule has 2 aromatic heterocycles. The van der Waals surface area contributed by atoms with E-state index in [1.54, 1.807) is 11.3 Å². The maximum absolute atomic E-state index is 12.6. The van der Waals surface area contributed by atoms with Crippen LogP contribution in [0.1, 0.15) is 40.0 Å². The van der Waals surface area contributed by atoms with Gasteiger partial charge in [-0.15, -0.1) is 5.10 Å². The zero-order valence-corrected chi connectivity index (χ0v) is 16.3.